The Hall–Kier alpha value is -8.49. The van der Waals surface area contributed by atoms with Crippen molar-refractivity contribution in [1.29, 1.82) is 0 Å². The van der Waals surface area contributed by atoms with Crippen LogP contribution >= 0.6 is 0 Å². The van der Waals surface area contributed by atoms with Gasteiger partial charge >= 0.3 is 16.8 Å². The number of amides is 4. The summed E-state index contributed by atoms with van der Waals surface area (Å²) in [6.07, 6.45) is 10.2. The molecule has 7 aromatic rings. The SMILES string of the molecule is COc1cccc(C)c1-c1c2nc(c(-c3c(NC(=O)C4CCOC4)cccc3NC(=O)C3CCCO3)c3ccc([n-]3)c(-c3c(C)cccc3C)c3nc(c(-c4c(NC(=O)C5CCOC5)cccc4NC(=O)C4CCCO4)c4ccc1[n-]4)C=C3)C=C2.[Co+2]. The Balaban J connectivity index is 0.00000724. The molecular weight excluding hydrogens is 1130 g/mol. The van der Waals surface area contributed by atoms with Gasteiger partial charge in [0.2, 0.25) is 11.8 Å². The molecule has 8 bridgehead atoms. The van der Waals surface area contributed by atoms with E-state index < -0.39 is 12.2 Å². The maximum atomic E-state index is 14.3. The van der Waals surface area contributed by atoms with Crippen LogP contribution in [0.15, 0.2) is 97.1 Å². The van der Waals surface area contributed by atoms with Crippen LogP contribution in [0.5, 0.6) is 5.75 Å². The molecule has 18 heteroatoms. The number of aromatic nitrogens is 4. The molecule has 4 N–H and O–H groups in total. The number of methoxy groups -OCH3 is 1. The molecule has 1 radical (unpaired) electrons. The van der Waals surface area contributed by atoms with Gasteiger partial charge in [0.25, 0.3) is 11.8 Å². The molecule has 0 aliphatic carbocycles. The minimum Gasteiger partial charge on any atom is -0.657 e. The number of rotatable bonds is 13. The molecule has 17 nitrogen and oxygen atoms in total. The van der Waals surface area contributed by atoms with Crippen LogP contribution in [0.25, 0.3) is 90.9 Å². The normalized spacial score (nSPS) is 18.7. The van der Waals surface area contributed by atoms with Crippen LogP contribution in [0.3, 0.4) is 0 Å². The third-order valence-electron chi connectivity index (χ3n) is 16.8. The molecule has 0 saturated carbocycles. The van der Waals surface area contributed by atoms with Gasteiger partial charge in [-0.05, 0) is 158 Å². The fraction of sp³-hybridized carbons (Fsp3) is 0.294. The summed E-state index contributed by atoms with van der Waals surface area (Å²) in [6.45, 7) is 8.60. The van der Waals surface area contributed by atoms with E-state index in [0.717, 1.165) is 46.2 Å². The molecule has 4 fully saturated rings. The van der Waals surface area contributed by atoms with Crippen molar-refractivity contribution < 1.29 is 59.6 Å². The number of carbonyl (C=O) groups is 4. The minimum absolute atomic E-state index is 0. The van der Waals surface area contributed by atoms with Crippen molar-refractivity contribution in [2.24, 2.45) is 11.8 Å². The number of ether oxygens (including phenoxy) is 5. The number of hydrogen-bond acceptors (Lipinski definition) is 11. The van der Waals surface area contributed by atoms with Crippen LogP contribution in [0.1, 0.15) is 78.0 Å². The maximum absolute atomic E-state index is 14.3. The molecule has 6 aliphatic rings. The van der Waals surface area contributed by atoms with Gasteiger partial charge in [0.05, 0.1) is 77.7 Å². The zero-order valence-corrected chi connectivity index (χ0v) is 49.2. The number of carbonyl (C=O) groups excluding carboxylic acids is 4. The Morgan fingerprint density at radius 2 is 0.802 bits per heavy atom. The molecule has 4 saturated heterocycles. The van der Waals surface area contributed by atoms with Crippen LogP contribution in [0.2, 0.25) is 0 Å². The predicted octanol–water partition coefficient (Wildman–Crippen LogP) is 11.7. The average molecular weight is 1200 g/mol. The van der Waals surface area contributed by atoms with Crippen LogP contribution in [-0.4, -0.2) is 92.6 Å². The Labute approximate surface area is 508 Å². The molecule has 4 aromatic carbocycles. The Morgan fingerprint density at radius 3 is 1.17 bits per heavy atom. The summed E-state index contributed by atoms with van der Waals surface area (Å²) >= 11 is 0. The summed E-state index contributed by atoms with van der Waals surface area (Å²) < 4.78 is 29.3. The monoisotopic (exact) mass is 1200 g/mol. The summed E-state index contributed by atoms with van der Waals surface area (Å²) in [5, 5.41) is 12.9. The van der Waals surface area contributed by atoms with Crippen molar-refractivity contribution in [3.8, 4) is 50.3 Å². The number of benzene rings is 4. The first kappa shape index (κ1) is 57.9. The number of anilines is 4. The predicted molar refractivity (Wildman–Crippen MR) is 330 cm³/mol. The van der Waals surface area contributed by atoms with Gasteiger partial charge in [-0.3, -0.25) is 19.2 Å². The third kappa shape index (κ3) is 11.2. The summed E-state index contributed by atoms with van der Waals surface area (Å²) in [5.41, 5.74) is 13.9. The summed E-state index contributed by atoms with van der Waals surface area (Å²) in [6, 6.07) is 30.7. The van der Waals surface area contributed by atoms with Crippen molar-refractivity contribution >= 4 is 92.7 Å². The van der Waals surface area contributed by atoms with Crippen LogP contribution in [0.4, 0.5) is 22.7 Å². The van der Waals surface area contributed by atoms with Crippen LogP contribution in [-0.2, 0) is 54.9 Å². The Morgan fingerprint density at radius 1 is 0.442 bits per heavy atom. The van der Waals surface area contributed by atoms with Gasteiger partial charge in [-0.1, -0.05) is 66.7 Å². The summed E-state index contributed by atoms with van der Waals surface area (Å²) in [5.74, 6) is -1.24. The number of hydrogen-bond donors (Lipinski definition) is 4. The molecule has 3 aromatic heterocycles. The first-order chi connectivity index (χ1) is 41.5. The van der Waals surface area contributed by atoms with Gasteiger partial charge in [0.1, 0.15) is 18.0 Å². The zero-order chi connectivity index (χ0) is 58.3. The van der Waals surface area contributed by atoms with E-state index >= 15 is 0 Å². The first-order valence-electron chi connectivity index (χ1n) is 29.1. The second-order valence-corrected chi connectivity index (χ2v) is 22.3. The van der Waals surface area contributed by atoms with Gasteiger partial charge < -0.3 is 54.9 Å². The number of aryl methyl sites for hydroxylation is 3. The van der Waals surface area contributed by atoms with Crippen molar-refractivity contribution in [3.63, 3.8) is 0 Å². The van der Waals surface area contributed by atoms with Gasteiger partial charge in [0.15, 0.2) is 0 Å². The van der Waals surface area contributed by atoms with E-state index in [9.17, 15) is 19.2 Å². The van der Waals surface area contributed by atoms with E-state index in [1.807, 2.05) is 116 Å². The van der Waals surface area contributed by atoms with Gasteiger partial charge in [-0.2, -0.15) is 0 Å². The minimum atomic E-state index is -0.662. The van der Waals surface area contributed by atoms with Gasteiger partial charge in [-0.25, -0.2) is 9.97 Å². The van der Waals surface area contributed by atoms with Crippen LogP contribution < -0.4 is 36.0 Å². The molecule has 9 heterocycles. The molecule has 4 atom stereocenters. The summed E-state index contributed by atoms with van der Waals surface area (Å²) in [7, 11) is 1.63. The third-order valence-corrected chi connectivity index (χ3v) is 16.8. The van der Waals surface area contributed by atoms with E-state index in [2.05, 4.69) is 47.2 Å². The molecule has 0 spiro atoms. The quantitative estimate of drug-likeness (QED) is 0.0846. The van der Waals surface area contributed by atoms with Crippen molar-refractivity contribution in [3.05, 3.63) is 137 Å². The van der Waals surface area contributed by atoms with Crippen molar-refractivity contribution in [2.45, 2.75) is 71.5 Å². The fourth-order valence-electron chi connectivity index (χ4n) is 12.5. The number of fused-ring (bicyclic) bond motifs is 8. The number of nitrogens with one attached hydrogen (secondary N) is 4. The fourth-order valence-corrected chi connectivity index (χ4v) is 12.5. The van der Waals surface area contributed by atoms with E-state index in [0.29, 0.717) is 153 Å². The zero-order valence-electron chi connectivity index (χ0n) is 48.1. The molecule has 13 rings (SSSR count). The maximum Gasteiger partial charge on any atom is 2.00 e. The average Bonchev–Trinajstić information content (AvgIpc) is 2.14. The second-order valence-electron chi connectivity index (χ2n) is 22.3. The Bertz CT molecular complexity index is 3860. The van der Waals surface area contributed by atoms with Gasteiger partial charge in [-0.15, -0.1) is 22.1 Å². The molecule has 86 heavy (non-hydrogen) atoms. The molecular formula is C68H64CoN8O9. The molecule has 6 aliphatic heterocycles. The topological polar surface area (TPSA) is 217 Å². The smallest absolute Gasteiger partial charge is 0.657 e. The number of nitrogens with zero attached hydrogens (tertiary/aromatic N) is 4. The second kappa shape index (κ2) is 24.8. The van der Waals surface area contributed by atoms with E-state index in [1.54, 1.807) is 7.11 Å². The Kier molecular flexibility index (Phi) is 16.7. The standard InChI is InChI=1S/C68H66N8O9.Co/c1-37-11-5-12-38(2)57(37)59-46-21-25-50(69-46)63(61-42(73-65(77)40-29-33-82-35-40)14-7-16-44(61)75-67(79)55-19-9-31-84-55)52-27-23-48(71-52)60(58-39(3)13-6-18-54(58)81-4)49-24-28-53(72-49)64(51-26-22-47(59)70-51)62-43(74-66(78)41-30-34-83-36-41)15-8-17-45(62)76-68(80)56-20-10-32-85-56;/h5-8,11-18,21-28,40-41,55-56H,9-10,19-20,29-36H2,1-4H3,(H6,69,70,71,72,73,74,75,76,77,78,79,80);/q;+2/p-2. The van der Waals surface area contributed by atoms with E-state index in [1.165, 1.54) is 0 Å². The molecule has 4 amide bonds. The van der Waals surface area contributed by atoms with E-state index in [4.69, 9.17) is 43.6 Å². The molecule has 439 valence electrons. The summed E-state index contributed by atoms with van der Waals surface area (Å²) in [4.78, 5) is 79.4. The first-order valence-corrected chi connectivity index (χ1v) is 29.1. The van der Waals surface area contributed by atoms with Crippen molar-refractivity contribution in [2.75, 3.05) is 68.0 Å². The molecule has 4 unspecified atom stereocenters. The van der Waals surface area contributed by atoms with Crippen molar-refractivity contribution in [1.82, 2.24) is 19.9 Å². The largest absolute Gasteiger partial charge is 2.00 e. The van der Waals surface area contributed by atoms with Gasteiger partial charge in [0, 0.05) is 43.1 Å². The van der Waals surface area contributed by atoms with E-state index in [-0.39, 0.29) is 65.5 Å². The van der Waals surface area contributed by atoms with Crippen LogP contribution in [0, 0.1) is 32.6 Å².